The summed E-state index contributed by atoms with van der Waals surface area (Å²) in [6.45, 7) is 4.38. The maximum Gasteiger partial charge on any atom is 0.222 e. The molecule has 4 rings (SSSR count). The van der Waals surface area contributed by atoms with Crippen LogP contribution in [0.1, 0.15) is 44.6 Å². The predicted octanol–water partition coefficient (Wildman–Crippen LogP) is 5.78. The van der Waals surface area contributed by atoms with Gasteiger partial charge < -0.3 is 9.84 Å². The zero-order valence-electron chi connectivity index (χ0n) is 19.6. The SMILES string of the molecule is CCCCC(O)CN(Cc1c(-c2ccccc2)nn(C)c1Oc1ccc(F)cc1)CC1CC1. The number of ether oxygens (including phenoxy) is 1. The van der Waals surface area contributed by atoms with Crippen molar-refractivity contribution in [3.8, 4) is 22.9 Å². The van der Waals surface area contributed by atoms with Crippen molar-refractivity contribution >= 4 is 0 Å². The first kappa shape index (κ1) is 23.5. The number of hydrogen-bond acceptors (Lipinski definition) is 4. The monoisotopic (exact) mass is 451 g/mol. The van der Waals surface area contributed by atoms with E-state index >= 15 is 0 Å². The summed E-state index contributed by atoms with van der Waals surface area (Å²) in [7, 11) is 1.87. The number of nitrogens with zero attached hydrogens (tertiary/aromatic N) is 3. The summed E-state index contributed by atoms with van der Waals surface area (Å²) in [5, 5.41) is 15.5. The third-order valence-corrected chi connectivity index (χ3v) is 6.12. The molecule has 176 valence electrons. The Morgan fingerprint density at radius 1 is 1.15 bits per heavy atom. The van der Waals surface area contributed by atoms with Gasteiger partial charge in [0.05, 0.1) is 11.7 Å². The Hall–Kier alpha value is -2.70. The maximum atomic E-state index is 13.4. The van der Waals surface area contributed by atoms with Crippen molar-refractivity contribution in [1.29, 1.82) is 0 Å². The van der Waals surface area contributed by atoms with Crippen LogP contribution < -0.4 is 4.74 Å². The highest BCUT2D eigenvalue weighted by molar-refractivity contribution is 5.65. The van der Waals surface area contributed by atoms with Gasteiger partial charge >= 0.3 is 0 Å². The number of aliphatic hydroxyl groups is 1. The van der Waals surface area contributed by atoms with Crippen molar-refractivity contribution in [3.63, 3.8) is 0 Å². The molecule has 0 radical (unpaired) electrons. The lowest BCUT2D eigenvalue weighted by Crippen LogP contribution is -2.34. The molecule has 5 nitrogen and oxygen atoms in total. The Balaban J connectivity index is 1.65. The average Bonchev–Trinajstić information content (AvgIpc) is 3.58. The molecule has 2 aromatic carbocycles. The second-order valence-corrected chi connectivity index (χ2v) is 9.11. The second-order valence-electron chi connectivity index (χ2n) is 9.11. The van der Waals surface area contributed by atoms with Gasteiger partial charge in [0, 0.05) is 32.2 Å². The first-order valence-corrected chi connectivity index (χ1v) is 12.0. The van der Waals surface area contributed by atoms with Crippen LogP contribution >= 0.6 is 0 Å². The molecule has 0 spiro atoms. The quantitative estimate of drug-likeness (QED) is 0.379. The van der Waals surface area contributed by atoms with Crippen molar-refractivity contribution in [1.82, 2.24) is 14.7 Å². The Kier molecular flexibility index (Phi) is 7.78. The molecule has 1 N–H and O–H groups in total. The van der Waals surface area contributed by atoms with Gasteiger partial charge in [-0.15, -0.1) is 0 Å². The molecular formula is C27H34FN3O2. The van der Waals surface area contributed by atoms with E-state index in [1.165, 1.54) is 25.0 Å². The lowest BCUT2D eigenvalue weighted by Gasteiger charge is -2.25. The molecule has 1 fully saturated rings. The van der Waals surface area contributed by atoms with Crippen LogP contribution in [0.15, 0.2) is 54.6 Å². The highest BCUT2D eigenvalue weighted by atomic mass is 19.1. The topological polar surface area (TPSA) is 50.5 Å². The van der Waals surface area contributed by atoms with Crippen LogP contribution in [0.25, 0.3) is 11.3 Å². The fraction of sp³-hybridized carbons (Fsp3) is 0.444. The van der Waals surface area contributed by atoms with Crippen molar-refractivity contribution < 1.29 is 14.2 Å². The smallest absolute Gasteiger partial charge is 0.222 e. The second kappa shape index (κ2) is 10.9. The van der Waals surface area contributed by atoms with E-state index in [0.717, 1.165) is 42.6 Å². The molecule has 1 saturated carbocycles. The molecule has 0 aliphatic heterocycles. The first-order chi connectivity index (χ1) is 16.0. The van der Waals surface area contributed by atoms with Gasteiger partial charge in [-0.25, -0.2) is 9.07 Å². The van der Waals surface area contributed by atoms with Crippen LogP contribution in [-0.2, 0) is 13.6 Å². The van der Waals surface area contributed by atoms with Crippen LogP contribution in [0.4, 0.5) is 4.39 Å². The minimum absolute atomic E-state index is 0.297. The van der Waals surface area contributed by atoms with Crippen LogP contribution in [0, 0.1) is 11.7 Å². The number of rotatable bonds is 12. The molecule has 1 atom stereocenters. The highest BCUT2D eigenvalue weighted by Gasteiger charge is 2.28. The van der Waals surface area contributed by atoms with E-state index in [2.05, 4.69) is 24.0 Å². The number of hydrogen-bond donors (Lipinski definition) is 1. The molecule has 0 amide bonds. The number of halogens is 1. The molecule has 1 unspecified atom stereocenters. The summed E-state index contributed by atoms with van der Waals surface area (Å²) in [5.74, 6) is 1.61. The predicted molar refractivity (Wildman–Crippen MR) is 129 cm³/mol. The number of benzene rings is 2. The molecule has 6 heteroatoms. The molecule has 1 heterocycles. The molecule has 1 aromatic heterocycles. The average molecular weight is 452 g/mol. The van der Waals surface area contributed by atoms with Gasteiger partial charge in [0.1, 0.15) is 17.3 Å². The van der Waals surface area contributed by atoms with E-state index in [9.17, 15) is 9.50 Å². The Labute approximate surface area is 195 Å². The zero-order chi connectivity index (χ0) is 23.2. The molecule has 1 aliphatic rings. The zero-order valence-corrected chi connectivity index (χ0v) is 19.6. The van der Waals surface area contributed by atoms with Crippen LogP contribution in [0.2, 0.25) is 0 Å². The fourth-order valence-corrected chi connectivity index (χ4v) is 4.19. The number of aryl methyl sites for hydroxylation is 1. The lowest BCUT2D eigenvalue weighted by molar-refractivity contribution is 0.0966. The van der Waals surface area contributed by atoms with Crippen molar-refractivity contribution in [3.05, 3.63) is 66.0 Å². The third-order valence-electron chi connectivity index (χ3n) is 6.12. The normalized spacial score (nSPS) is 14.6. The third kappa shape index (κ3) is 6.42. The molecule has 0 bridgehead atoms. The van der Waals surface area contributed by atoms with E-state index < -0.39 is 0 Å². The van der Waals surface area contributed by atoms with Crippen LogP contribution in [0.3, 0.4) is 0 Å². The van der Waals surface area contributed by atoms with Crippen molar-refractivity contribution in [2.24, 2.45) is 13.0 Å². The standard InChI is InChI=1S/C27H34FN3O2/c1-3-4-10-23(32)18-31(17-20-11-12-20)19-25-26(21-8-6-5-7-9-21)29-30(2)27(25)33-24-15-13-22(28)14-16-24/h5-9,13-16,20,23,32H,3-4,10-12,17-19H2,1-2H3. The summed E-state index contributed by atoms with van der Waals surface area (Å²) in [4.78, 5) is 2.35. The fourth-order valence-electron chi connectivity index (χ4n) is 4.19. The van der Waals surface area contributed by atoms with Gasteiger partial charge in [-0.05, 0) is 49.4 Å². The number of aromatic nitrogens is 2. The number of aliphatic hydroxyl groups excluding tert-OH is 1. The van der Waals surface area contributed by atoms with Gasteiger partial charge in [0.2, 0.25) is 5.88 Å². The number of unbranched alkanes of at least 4 members (excludes halogenated alkanes) is 1. The van der Waals surface area contributed by atoms with E-state index in [1.807, 2.05) is 25.2 Å². The van der Waals surface area contributed by atoms with E-state index in [4.69, 9.17) is 9.84 Å². The molecule has 33 heavy (non-hydrogen) atoms. The summed E-state index contributed by atoms with van der Waals surface area (Å²) in [5.41, 5.74) is 2.88. The van der Waals surface area contributed by atoms with E-state index in [1.54, 1.807) is 16.8 Å². The van der Waals surface area contributed by atoms with Gasteiger partial charge in [0.15, 0.2) is 0 Å². The lowest BCUT2D eigenvalue weighted by atomic mass is 10.1. The van der Waals surface area contributed by atoms with Gasteiger partial charge in [-0.1, -0.05) is 50.1 Å². The van der Waals surface area contributed by atoms with E-state index in [-0.39, 0.29) is 11.9 Å². The minimum Gasteiger partial charge on any atom is -0.439 e. The van der Waals surface area contributed by atoms with Gasteiger partial charge in [-0.3, -0.25) is 4.90 Å². The summed E-state index contributed by atoms with van der Waals surface area (Å²) in [6, 6.07) is 16.2. The molecule has 3 aromatic rings. The maximum absolute atomic E-state index is 13.4. The summed E-state index contributed by atoms with van der Waals surface area (Å²) >= 11 is 0. The van der Waals surface area contributed by atoms with Crippen molar-refractivity contribution in [2.75, 3.05) is 13.1 Å². The van der Waals surface area contributed by atoms with Crippen LogP contribution in [0.5, 0.6) is 11.6 Å². The summed E-state index contributed by atoms with van der Waals surface area (Å²) < 4.78 is 21.4. The minimum atomic E-state index is -0.345. The van der Waals surface area contributed by atoms with Gasteiger partial charge in [0.25, 0.3) is 0 Å². The van der Waals surface area contributed by atoms with E-state index in [0.29, 0.717) is 30.6 Å². The molecule has 1 aliphatic carbocycles. The Morgan fingerprint density at radius 3 is 2.55 bits per heavy atom. The summed E-state index contributed by atoms with van der Waals surface area (Å²) in [6.07, 6.45) is 5.07. The van der Waals surface area contributed by atoms with Crippen LogP contribution in [-0.4, -0.2) is 39.0 Å². The molecular weight excluding hydrogens is 417 g/mol. The Bertz CT molecular complexity index is 1020. The Morgan fingerprint density at radius 2 is 1.88 bits per heavy atom. The van der Waals surface area contributed by atoms with Crippen molar-refractivity contribution in [2.45, 2.75) is 51.7 Å². The van der Waals surface area contributed by atoms with Gasteiger partial charge in [-0.2, -0.15) is 5.10 Å². The first-order valence-electron chi connectivity index (χ1n) is 12.0. The molecule has 0 saturated heterocycles. The largest absolute Gasteiger partial charge is 0.439 e. The highest BCUT2D eigenvalue weighted by Crippen LogP contribution is 2.36.